The standard InChI is InChI=1S/C11H23NO4/c1-4-16-11(13)10-12(7-9-15-3)6-5-8-14-2/h4-10H2,1-3H3. The van der Waals surface area contributed by atoms with Crippen LogP contribution in [0.4, 0.5) is 0 Å². The van der Waals surface area contributed by atoms with Crippen LogP contribution in [0.2, 0.25) is 0 Å². The third kappa shape index (κ3) is 8.64. The van der Waals surface area contributed by atoms with Gasteiger partial charge in [0.15, 0.2) is 0 Å². The third-order valence-corrected chi connectivity index (χ3v) is 2.09. The highest BCUT2D eigenvalue weighted by Gasteiger charge is 2.10. The lowest BCUT2D eigenvalue weighted by molar-refractivity contribution is -0.144. The fourth-order valence-corrected chi connectivity index (χ4v) is 1.31. The van der Waals surface area contributed by atoms with Gasteiger partial charge in [-0.2, -0.15) is 0 Å². The van der Waals surface area contributed by atoms with Gasteiger partial charge < -0.3 is 14.2 Å². The van der Waals surface area contributed by atoms with Crippen molar-refractivity contribution in [3.05, 3.63) is 0 Å². The Morgan fingerprint density at radius 1 is 1.12 bits per heavy atom. The monoisotopic (exact) mass is 233 g/mol. The summed E-state index contributed by atoms with van der Waals surface area (Å²) in [6.07, 6.45) is 0.902. The van der Waals surface area contributed by atoms with Crippen LogP contribution < -0.4 is 0 Å². The molecule has 0 aliphatic rings. The molecule has 16 heavy (non-hydrogen) atoms. The molecule has 0 spiro atoms. The molecule has 0 aromatic heterocycles. The molecule has 0 bridgehead atoms. The van der Waals surface area contributed by atoms with Gasteiger partial charge in [0.05, 0.1) is 19.8 Å². The summed E-state index contributed by atoms with van der Waals surface area (Å²) in [5.41, 5.74) is 0. The summed E-state index contributed by atoms with van der Waals surface area (Å²) in [6, 6.07) is 0. The van der Waals surface area contributed by atoms with Crippen LogP contribution in [0.3, 0.4) is 0 Å². The predicted molar refractivity (Wildman–Crippen MR) is 61.4 cm³/mol. The zero-order chi connectivity index (χ0) is 12.2. The second-order valence-corrected chi connectivity index (χ2v) is 3.42. The fourth-order valence-electron chi connectivity index (χ4n) is 1.31. The molecule has 0 heterocycles. The van der Waals surface area contributed by atoms with Crippen LogP contribution in [0.25, 0.3) is 0 Å². The number of hydrogen-bond acceptors (Lipinski definition) is 5. The molecule has 0 aliphatic heterocycles. The maximum absolute atomic E-state index is 11.3. The molecule has 0 saturated carbocycles. The minimum atomic E-state index is -0.184. The number of methoxy groups -OCH3 is 2. The van der Waals surface area contributed by atoms with Crippen molar-refractivity contribution in [2.24, 2.45) is 0 Å². The topological polar surface area (TPSA) is 48.0 Å². The molecule has 0 radical (unpaired) electrons. The Bertz CT molecular complexity index is 175. The Morgan fingerprint density at radius 2 is 1.81 bits per heavy atom. The number of carbonyl (C=O) groups is 1. The number of hydrogen-bond donors (Lipinski definition) is 0. The summed E-state index contributed by atoms with van der Waals surface area (Å²) in [5, 5.41) is 0. The van der Waals surface area contributed by atoms with Crippen LogP contribution in [0.5, 0.6) is 0 Å². The van der Waals surface area contributed by atoms with Gasteiger partial charge in [-0.3, -0.25) is 9.69 Å². The molecule has 5 heteroatoms. The van der Waals surface area contributed by atoms with E-state index in [0.717, 1.165) is 19.5 Å². The lowest BCUT2D eigenvalue weighted by Gasteiger charge is -2.20. The molecule has 96 valence electrons. The van der Waals surface area contributed by atoms with Gasteiger partial charge in [-0.15, -0.1) is 0 Å². The molecule has 0 unspecified atom stereocenters. The minimum absolute atomic E-state index is 0.184. The van der Waals surface area contributed by atoms with Gasteiger partial charge in [0.1, 0.15) is 0 Å². The van der Waals surface area contributed by atoms with E-state index in [1.165, 1.54) is 0 Å². The fraction of sp³-hybridized carbons (Fsp3) is 0.909. The lowest BCUT2D eigenvalue weighted by atomic mass is 10.3. The molecule has 0 aromatic carbocycles. The normalized spacial score (nSPS) is 10.8. The molecular formula is C11H23NO4. The second-order valence-electron chi connectivity index (χ2n) is 3.42. The molecule has 0 atom stereocenters. The molecule has 0 aliphatic carbocycles. The molecule has 0 saturated heterocycles. The number of esters is 1. The van der Waals surface area contributed by atoms with Gasteiger partial charge in [0.25, 0.3) is 0 Å². The summed E-state index contributed by atoms with van der Waals surface area (Å²) in [7, 11) is 3.32. The average molecular weight is 233 g/mol. The lowest BCUT2D eigenvalue weighted by Crippen LogP contribution is -2.34. The quantitative estimate of drug-likeness (QED) is 0.407. The number of rotatable bonds is 10. The van der Waals surface area contributed by atoms with Crippen molar-refractivity contribution >= 4 is 5.97 Å². The molecular weight excluding hydrogens is 210 g/mol. The van der Waals surface area contributed by atoms with Crippen LogP contribution >= 0.6 is 0 Å². The first-order valence-electron chi connectivity index (χ1n) is 5.60. The number of carbonyl (C=O) groups excluding carboxylic acids is 1. The molecule has 0 amide bonds. The van der Waals surface area contributed by atoms with Crippen molar-refractivity contribution in [2.75, 3.05) is 53.7 Å². The average Bonchev–Trinajstić information content (AvgIpc) is 2.26. The zero-order valence-corrected chi connectivity index (χ0v) is 10.5. The summed E-state index contributed by atoms with van der Waals surface area (Å²) < 4.78 is 14.9. The summed E-state index contributed by atoms with van der Waals surface area (Å²) in [4.78, 5) is 13.3. The maximum Gasteiger partial charge on any atom is 0.320 e. The maximum atomic E-state index is 11.3. The Hall–Kier alpha value is -0.650. The molecule has 5 nitrogen and oxygen atoms in total. The van der Waals surface area contributed by atoms with Crippen LogP contribution in [0, 0.1) is 0 Å². The van der Waals surface area contributed by atoms with Crippen molar-refractivity contribution in [3.63, 3.8) is 0 Å². The second kappa shape index (κ2) is 10.9. The number of nitrogens with zero attached hydrogens (tertiary/aromatic N) is 1. The van der Waals surface area contributed by atoms with Crippen molar-refractivity contribution < 1.29 is 19.0 Å². The molecule has 0 N–H and O–H groups in total. The minimum Gasteiger partial charge on any atom is -0.465 e. The first-order valence-corrected chi connectivity index (χ1v) is 5.60. The third-order valence-electron chi connectivity index (χ3n) is 2.09. The van der Waals surface area contributed by atoms with E-state index in [0.29, 0.717) is 26.4 Å². The highest BCUT2D eigenvalue weighted by atomic mass is 16.5. The highest BCUT2D eigenvalue weighted by Crippen LogP contribution is 1.94. The Kier molecular flexibility index (Phi) is 10.4. The summed E-state index contributed by atoms with van der Waals surface area (Å²) >= 11 is 0. The van der Waals surface area contributed by atoms with E-state index in [9.17, 15) is 4.79 Å². The van der Waals surface area contributed by atoms with Crippen LogP contribution in [0.15, 0.2) is 0 Å². The number of ether oxygens (including phenoxy) is 3. The van der Waals surface area contributed by atoms with Crippen molar-refractivity contribution in [3.8, 4) is 0 Å². The smallest absolute Gasteiger partial charge is 0.320 e. The van der Waals surface area contributed by atoms with Gasteiger partial charge in [-0.1, -0.05) is 0 Å². The Labute approximate surface area is 97.7 Å². The van der Waals surface area contributed by atoms with Crippen molar-refractivity contribution in [1.29, 1.82) is 0 Å². The van der Waals surface area contributed by atoms with Crippen LogP contribution in [-0.2, 0) is 19.0 Å². The van der Waals surface area contributed by atoms with E-state index in [2.05, 4.69) is 0 Å². The first-order chi connectivity index (χ1) is 7.74. The van der Waals surface area contributed by atoms with Crippen LogP contribution in [0.1, 0.15) is 13.3 Å². The van der Waals surface area contributed by atoms with E-state index >= 15 is 0 Å². The SMILES string of the molecule is CCOC(=O)CN(CCCOC)CCOC. The van der Waals surface area contributed by atoms with Crippen LogP contribution in [-0.4, -0.2) is 64.5 Å². The first kappa shape index (κ1) is 15.3. The van der Waals surface area contributed by atoms with Crippen molar-refractivity contribution in [2.45, 2.75) is 13.3 Å². The zero-order valence-electron chi connectivity index (χ0n) is 10.5. The van der Waals surface area contributed by atoms with Gasteiger partial charge in [-0.25, -0.2) is 0 Å². The Balaban J connectivity index is 3.83. The van der Waals surface area contributed by atoms with E-state index in [1.807, 2.05) is 11.8 Å². The molecule has 0 aromatic rings. The van der Waals surface area contributed by atoms with Gasteiger partial charge in [-0.05, 0) is 13.3 Å². The largest absolute Gasteiger partial charge is 0.465 e. The van der Waals surface area contributed by atoms with E-state index in [4.69, 9.17) is 14.2 Å². The van der Waals surface area contributed by atoms with E-state index < -0.39 is 0 Å². The Morgan fingerprint density at radius 3 is 2.38 bits per heavy atom. The van der Waals surface area contributed by atoms with Gasteiger partial charge >= 0.3 is 5.97 Å². The predicted octanol–water partition coefficient (Wildman–Crippen LogP) is 0.534. The molecule has 0 fully saturated rings. The van der Waals surface area contributed by atoms with Crippen molar-refractivity contribution in [1.82, 2.24) is 4.90 Å². The van der Waals surface area contributed by atoms with Gasteiger partial charge in [0, 0.05) is 33.9 Å². The highest BCUT2D eigenvalue weighted by molar-refractivity contribution is 5.71. The summed E-state index contributed by atoms with van der Waals surface area (Å²) in [5.74, 6) is -0.184. The van der Waals surface area contributed by atoms with E-state index in [1.54, 1.807) is 14.2 Å². The van der Waals surface area contributed by atoms with E-state index in [-0.39, 0.29) is 5.97 Å². The summed E-state index contributed by atoms with van der Waals surface area (Å²) in [6.45, 7) is 5.42. The van der Waals surface area contributed by atoms with Gasteiger partial charge in [0.2, 0.25) is 0 Å². The molecule has 0 rings (SSSR count).